The number of benzene rings is 4. The van der Waals surface area contributed by atoms with Crippen molar-refractivity contribution in [2.75, 3.05) is 46.6 Å². The van der Waals surface area contributed by atoms with E-state index in [1.807, 2.05) is 0 Å². The molecule has 8 aliphatic heterocycles. The molecule has 8 heterocycles. The maximum atomic E-state index is 3.79. The van der Waals surface area contributed by atoms with Gasteiger partial charge in [-0.25, -0.2) is 0 Å². The van der Waals surface area contributed by atoms with Gasteiger partial charge in [-0.15, -0.1) is 0 Å². The molecule has 4 aromatic carbocycles. The van der Waals surface area contributed by atoms with E-state index < -0.39 is 0 Å². The summed E-state index contributed by atoms with van der Waals surface area (Å²) in [6, 6.07) is 29.8. The largest absolute Gasteiger partial charge is 0.385 e. The molecule has 0 fully saturated rings. The Balaban J connectivity index is 1.30. The van der Waals surface area contributed by atoms with Gasteiger partial charge in [-0.05, 0) is 120 Å². The van der Waals surface area contributed by atoms with Gasteiger partial charge in [0.25, 0.3) is 0 Å². The van der Waals surface area contributed by atoms with Crippen molar-refractivity contribution in [3.63, 3.8) is 0 Å². The Kier molecular flexibility index (Phi) is 7.29. The van der Waals surface area contributed by atoms with Crippen LogP contribution in [0.3, 0.4) is 0 Å². The van der Waals surface area contributed by atoms with Crippen LogP contribution in [0.5, 0.6) is 0 Å². The van der Waals surface area contributed by atoms with E-state index in [9.17, 15) is 0 Å². The van der Waals surface area contributed by atoms with E-state index in [2.05, 4.69) is 149 Å². The number of hydrogen-bond donors (Lipinski definition) is 2. The van der Waals surface area contributed by atoms with Gasteiger partial charge in [0.05, 0.1) is 11.1 Å². The minimum absolute atomic E-state index is 0.0895. The zero-order valence-electron chi connectivity index (χ0n) is 32.3. The fourth-order valence-electron chi connectivity index (χ4n) is 10.9. The summed E-state index contributed by atoms with van der Waals surface area (Å²) in [5.74, 6) is 0.808. The van der Waals surface area contributed by atoms with Crippen LogP contribution in [0.15, 0.2) is 72.8 Å². The summed E-state index contributed by atoms with van der Waals surface area (Å²) in [4.78, 5) is 5.57. The molecule has 2 unspecified atom stereocenters. The third-order valence-corrected chi connectivity index (χ3v) is 14.2. The molecule has 0 amide bonds. The molecule has 0 radical (unpaired) electrons. The second-order valence-electron chi connectivity index (χ2n) is 18.7. The van der Waals surface area contributed by atoms with Gasteiger partial charge in [-0.3, -0.25) is 0 Å². The minimum Gasteiger partial charge on any atom is -0.385 e. The van der Waals surface area contributed by atoms with E-state index >= 15 is 0 Å². The number of anilines is 4. The summed E-state index contributed by atoms with van der Waals surface area (Å²) in [5, 5.41) is 7.58. The Morgan fingerprint density at radius 3 is 1.43 bits per heavy atom. The van der Waals surface area contributed by atoms with Crippen molar-refractivity contribution in [1.82, 2.24) is 0 Å². The molecule has 4 nitrogen and oxygen atoms in total. The van der Waals surface area contributed by atoms with Crippen molar-refractivity contribution in [3.05, 3.63) is 117 Å². The predicted octanol–water partition coefficient (Wildman–Crippen LogP) is 10.8. The molecular weight excluding hydrogens is 621 g/mol. The van der Waals surface area contributed by atoms with Gasteiger partial charge in [0.15, 0.2) is 0 Å². The van der Waals surface area contributed by atoms with E-state index in [-0.39, 0.29) is 21.9 Å². The molecular formula is C47H58N4. The number of nitrogens with one attached hydrogen (secondary N) is 2. The lowest BCUT2D eigenvalue weighted by Gasteiger charge is -2.52. The molecule has 8 aliphatic rings. The molecule has 51 heavy (non-hydrogen) atoms. The zero-order chi connectivity index (χ0) is 35.5. The standard InChI is InChI=1S/C47H58N4/c1-30(2)43-33-11-15-41-37(28-33)44(3,4)19-23-50(41)46(7)17-21-48-39-13-9-31(26-35(39)46)25-32-10-14-40-36(27-32)47(8,18-22-49-40)51-24-20-45(5,6)38-29-34(43)12-16-42(38)51/h9-16,26-30,43,48-49H,17-25H2,1-8H3. The third kappa shape index (κ3) is 4.98. The van der Waals surface area contributed by atoms with Crippen molar-refractivity contribution in [2.24, 2.45) is 5.92 Å². The first kappa shape index (κ1) is 33.0. The fraction of sp³-hybridized carbons (Fsp3) is 0.489. The fourth-order valence-corrected chi connectivity index (χ4v) is 10.9. The van der Waals surface area contributed by atoms with Gasteiger partial charge in [0.2, 0.25) is 0 Å². The molecule has 0 aromatic heterocycles. The van der Waals surface area contributed by atoms with Crippen LogP contribution in [0, 0.1) is 5.92 Å². The Labute approximate surface area is 307 Å². The van der Waals surface area contributed by atoms with E-state index in [4.69, 9.17) is 0 Å². The van der Waals surface area contributed by atoms with Gasteiger partial charge in [0, 0.05) is 66.0 Å². The van der Waals surface area contributed by atoms with Crippen molar-refractivity contribution in [3.8, 4) is 0 Å². The monoisotopic (exact) mass is 678 g/mol. The summed E-state index contributed by atoms with van der Waals surface area (Å²) in [5.41, 5.74) is 17.1. The molecule has 4 aromatic rings. The number of nitrogens with zero attached hydrogens (tertiary/aromatic N) is 2. The lowest BCUT2D eigenvalue weighted by molar-refractivity contribution is 0.354. The highest BCUT2D eigenvalue weighted by molar-refractivity contribution is 5.70. The molecule has 2 atom stereocenters. The van der Waals surface area contributed by atoms with Crippen LogP contribution in [-0.4, -0.2) is 26.2 Å². The van der Waals surface area contributed by atoms with Crippen LogP contribution in [0.4, 0.5) is 22.7 Å². The quantitative estimate of drug-likeness (QED) is 0.210. The molecule has 12 rings (SSSR count). The van der Waals surface area contributed by atoms with Crippen molar-refractivity contribution >= 4 is 22.7 Å². The highest BCUT2D eigenvalue weighted by Gasteiger charge is 2.45. The second-order valence-corrected chi connectivity index (χ2v) is 18.7. The smallest absolute Gasteiger partial charge is 0.0662 e. The molecule has 266 valence electrons. The maximum absolute atomic E-state index is 3.79. The summed E-state index contributed by atoms with van der Waals surface area (Å²) in [6.45, 7) is 23.9. The predicted molar refractivity (Wildman–Crippen MR) is 216 cm³/mol. The van der Waals surface area contributed by atoms with Crippen LogP contribution in [0.2, 0.25) is 0 Å². The van der Waals surface area contributed by atoms with Crippen LogP contribution >= 0.6 is 0 Å². The summed E-state index contributed by atoms with van der Waals surface area (Å²) in [7, 11) is 0. The van der Waals surface area contributed by atoms with Crippen LogP contribution in [-0.2, 0) is 28.3 Å². The van der Waals surface area contributed by atoms with Crippen molar-refractivity contribution in [1.29, 1.82) is 0 Å². The average molecular weight is 679 g/mol. The Morgan fingerprint density at radius 2 is 1.00 bits per heavy atom. The maximum Gasteiger partial charge on any atom is 0.0662 e. The SMILES string of the molecule is CC(C)C1c2ccc3c(c2)C(C)(C)CCN3C2(C)CCNc3ccc(cc32)Cc2ccc3c(c2)C(C)(CCN3)N2CCC(C)(C)c3cc1ccc32. The number of hydrogen-bond acceptors (Lipinski definition) is 4. The zero-order valence-corrected chi connectivity index (χ0v) is 32.3. The first-order valence-electron chi connectivity index (χ1n) is 19.9. The summed E-state index contributed by atoms with van der Waals surface area (Å²) < 4.78 is 0. The first-order valence-corrected chi connectivity index (χ1v) is 19.9. The molecule has 2 N–H and O–H groups in total. The normalized spacial score (nSPS) is 26.8. The van der Waals surface area contributed by atoms with Gasteiger partial charge in [-0.2, -0.15) is 0 Å². The van der Waals surface area contributed by atoms with Crippen LogP contribution in [0.1, 0.15) is 131 Å². The first-order chi connectivity index (χ1) is 24.3. The van der Waals surface area contributed by atoms with E-state index in [0.717, 1.165) is 58.3 Å². The molecule has 0 spiro atoms. The second kappa shape index (κ2) is 11.3. The van der Waals surface area contributed by atoms with E-state index in [0.29, 0.717) is 11.8 Å². The van der Waals surface area contributed by atoms with Crippen LogP contribution in [0.25, 0.3) is 0 Å². The summed E-state index contributed by atoms with van der Waals surface area (Å²) >= 11 is 0. The Morgan fingerprint density at radius 1 is 0.549 bits per heavy atom. The topological polar surface area (TPSA) is 30.5 Å². The highest BCUT2D eigenvalue weighted by atomic mass is 15.2. The van der Waals surface area contributed by atoms with Crippen molar-refractivity contribution < 1.29 is 0 Å². The van der Waals surface area contributed by atoms with Gasteiger partial charge in [-0.1, -0.05) is 90.1 Å². The summed E-state index contributed by atoms with van der Waals surface area (Å²) in [6.07, 6.45) is 5.41. The molecule has 0 saturated carbocycles. The van der Waals surface area contributed by atoms with Gasteiger partial charge >= 0.3 is 0 Å². The molecule has 0 aliphatic carbocycles. The molecule has 0 saturated heterocycles. The Hall–Kier alpha value is -3.92. The average Bonchev–Trinajstić information content (AvgIpc) is 3.09. The third-order valence-electron chi connectivity index (χ3n) is 14.2. The Bertz CT molecular complexity index is 1900. The molecule has 4 heteroatoms. The lowest BCUT2D eigenvalue weighted by Crippen LogP contribution is -2.52. The number of rotatable bonds is 1. The lowest BCUT2D eigenvalue weighted by atomic mass is 9.70. The molecule has 12 bridgehead atoms. The van der Waals surface area contributed by atoms with Crippen molar-refractivity contribution in [2.45, 2.75) is 115 Å². The van der Waals surface area contributed by atoms with Crippen LogP contribution < -0.4 is 20.4 Å². The van der Waals surface area contributed by atoms with E-state index in [1.165, 1.54) is 67.3 Å². The highest BCUT2D eigenvalue weighted by Crippen LogP contribution is 2.53. The minimum atomic E-state index is -0.0895. The van der Waals surface area contributed by atoms with E-state index in [1.54, 1.807) is 0 Å². The van der Waals surface area contributed by atoms with Gasteiger partial charge < -0.3 is 20.4 Å². The van der Waals surface area contributed by atoms with Gasteiger partial charge in [0.1, 0.15) is 0 Å².